The molecule has 2 aromatic rings. The highest BCUT2D eigenvalue weighted by Gasteiger charge is 2.35. The van der Waals surface area contributed by atoms with E-state index >= 15 is 0 Å². The van der Waals surface area contributed by atoms with Crippen molar-refractivity contribution in [1.29, 1.82) is 0 Å². The van der Waals surface area contributed by atoms with Gasteiger partial charge in [0.05, 0.1) is 18.4 Å². The predicted molar refractivity (Wildman–Crippen MR) is 70.1 cm³/mol. The SMILES string of the molecule is COC(=O)c1ccc2nc(C3CCCS3(=O)=O)nn2c1. The Hall–Kier alpha value is -1.96. The summed E-state index contributed by atoms with van der Waals surface area (Å²) >= 11 is 0. The molecule has 2 aromatic heterocycles. The Labute approximate surface area is 115 Å². The summed E-state index contributed by atoms with van der Waals surface area (Å²) in [7, 11) is -1.85. The van der Waals surface area contributed by atoms with Crippen LogP contribution in [0.15, 0.2) is 18.3 Å². The van der Waals surface area contributed by atoms with Crippen LogP contribution in [0.5, 0.6) is 0 Å². The van der Waals surface area contributed by atoms with Crippen molar-refractivity contribution in [2.75, 3.05) is 12.9 Å². The second kappa shape index (κ2) is 4.55. The molecule has 0 radical (unpaired) electrons. The van der Waals surface area contributed by atoms with E-state index in [0.717, 1.165) is 0 Å². The quantitative estimate of drug-likeness (QED) is 0.760. The fraction of sp³-hybridized carbons (Fsp3) is 0.417. The number of aromatic nitrogens is 3. The molecule has 1 aliphatic heterocycles. The molecule has 106 valence electrons. The number of methoxy groups -OCH3 is 1. The Morgan fingerprint density at radius 2 is 2.25 bits per heavy atom. The van der Waals surface area contributed by atoms with Crippen LogP contribution in [0.2, 0.25) is 0 Å². The van der Waals surface area contributed by atoms with Crippen molar-refractivity contribution in [3.63, 3.8) is 0 Å². The fourth-order valence-corrected chi connectivity index (χ4v) is 4.16. The van der Waals surface area contributed by atoms with Crippen molar-refractivity contribution in [2.24, 2.45) is 0 Å². The van der Waals surface area contributed by atoms with Crippen molar-refractivity contribution in [3.05, 3.63) is 29.7 Å². The number of carbonyl (C=O) groups excluding carboxylic acids is 1. The van der Waals surface area contributed by atoms with E-state index in [-0.39, 0.29) is 5.75 Å². The summed E-state index contributed by atoms with van der Waals surface area (Å²) in [5, 5.41) is 3.55. The van der Waals surface area contributed by atoms with Crippen LogP contribution >= 0.6 is 0 Å². The average molecular weight is 295 g/mol. The summed E-state index contributed by atoms with van der Waals surface area (Å²) in [6.07, 6.45) is 2.66. The predicted octanol–water partition coefficient (Wildman–Crippen LogP) is 0.766. The van der Waals surface area contributed by atoms with Crippen molar-refractivity contribution in [2.45, 2.75) is 18.1 Å². The number of rotatable bonds is 2. The highest BCUT2D eigenvalue weighted by atomic mass is 32.2. The van der Waals surface area contributed by atoms with Gasteiger partial charge in [0.1, 0.15) is 5.25 Å². The number of esters is 1. The Kier molecular flexibility index (Phi) is 2.97. The summed E-state index contributed by atoms with van der Waals surface area (Å²) in [6, 6.07) is 3.19. The highest BCUT2D eigenvalue weighted by Crippen LogP contribution is 2.32. The number of hydrogen-bond donors (Lipinski definition) is 0. The second-order valence-electron chi connectivity index (χ2n) is 4.68. The van der Waals surface area contributed by atoms with E-state index in [0.29, 0.717) is 29.9 Å². The Bertz CT molecular complexity index is 781. The van der Waals surface area contributed by atoms with Gasteiger partial charge in [-0.1, -0.05) is 0 Å². The Morgan fingerprint density at radius 3 is 2.90 bits per heavy atom. The largest absolute Gasteiger partial charge is 0.465 e. The first-order valence-corrected chi connectivity index (χ1v) is 7.89. The van der Waals surface area contributed by atoms with Gasteiger partial charge in [0.15, 0.2) is 21.3 Å². The molecule has 1 atom stereocenters. The summed E-state index contributed by atoms with van der Waals surface area (Å²) < 4.78 is 29.8. The highest BCUT2D eigenvalue weighted by molar-refractivity contribution is 7.91. The molecule has 0 aliphatic carbocycles. The van der Waals surface area contributed by atoms with Gasteiger partial charge in [-0.15, -0.1) is 5.10 Å². The van der Waals surface area contributed by atoms with Gasteiger partial charge in [-0.25, -0.2) is 22.7 Å². The molecule has 0 aromatic carbocycles. The summed E-state index contributed by atoms with van der Waals surface area (Å²) in [5.41, 5.74) is 0.848. The first kappa shape index (κ1) is 13.0. The Balaban J connectivity index is 2.05. The normalized spacial score (nSPS) is 21.1. The molecule has 1 aliphatic rings. The molecule has 7 nitrogen and oxygen atoms in total. The molecule has 1 unspecified atom stereocenters. The number of sulfone groups is 1. The summed E-state index contributed by atoms with van der Waals surface area (Å²) in [4.78, 5) is 15.7. The van der Waals surface area contributed by atoms with E-state index in [1.165, 1.54) is 17.8 Å². The van der Waals surface area contributed by atoms with Gasteiger partial charge in [0.25, 0.3) is 0 Å². The number of ether oxygens (including phenoxy) is 1. The minimum Gasteiger partial charge on any atom is -0.465 e. The van der Waals surface area contributed by atoms with E-state index in [2.05, 4.69) is 14.8 Å². The molecule has 0 bridgehead atoms. The van der Waals surface area contributed by atoms with Crippen LogP contribution in [0.4, 0.5) is 0 Å². The lowest BCUT2D eigenvalue weighted by molar-refractivity contribution is 0.0600. The minimum absolute atomic E-state index is 0.181. The maximum absolute atomic E-state index is 11.9. The topological polar surface area (TPSA) is 90.6 Å². The number of carbonyl (C=O) groups is 1. The van der Waals surface area contributed by atoms with E-state index < -0.39 is 21.1 Å². The molecule has 1 saturated heterocycles. The maximum atomic E-state index is 11.9. The number of pyridine rings is 1. The summed E-state index contributed by atoms with van der Waals surface area (Å²) in [5.74, 6) is 0.00243. The van der Waals surface area contributed by atoms with E-state index in [4.69, 9.17) is 0 Å². The van der Waals surface area contributed by atoms with Crippen molar-refractivity contribution >= 4 is 21.5 Å². The first-order valence-electron chi connectivity index (χ1n) is 6.17. The third-order valence-corrected chi connectivity index (χ3v) is 5.56. The number of nitrogens with zero attached hydrogens (tertiary/aromatic N) is 3. The standard InChI is InChI=1S/C12H13N3O4S/c1-19-12(16)8-4-5-10-13-11(14-15(10)7-8)9-3-2-6-20(9,17)18/h4-5,7,9H,2-3,6H2,1H3. The molecule has 0 amide bonds. The van der Waals surface area contributed by atoms with Gasteiger partial charge < -0.3 is 4.74 Å². The van der Waals surface area contributed by atoms with Crippen LogP contribution in [0.1, 0.15) is 34.3 Å². The second-order valence-corrected chi connectivity index (χ2v) is 6.98. The molecule has 0 spiro atoms. The zero-order valence-corrected chi connectivity index (χ0v) is 11.6. The molecular formula is C12H13N3O4S. The maximum Gasteiger partial charge on any atom is 0.339 e. The van der Waals surface area contributed by atoms with E-state index in [1.807, 2.05) is 0 Å². The molecule has 1 fully saturated rings. The van der Waals surface area contributed by atoms with Gasteiger partial charge in [-0.05, 0) is 25.0 Å². The molecule has 3 heterocycles. The van der Waals surface area contributed by atoms with Crippen molar-refractivity contribution in [1.82, 2.24) is 14.6 Å². The van der Waals surface area contributed by atoms with Gasteiger partial charge in [-0.2, -0.15) is 0 Å². The van der Waals surface area contributed by atoms with Crippen molar-refractivity contribution < 1.29 is 17.9 Å². The lowest BCUT2D eigenvalue weighted by Crippen LogP contribution is -2.09. The van der Waals surface area contributed by atoms with Crippen LogP contribution in [0.25, 0.3) is 5.65 Å². The third-order valence-electron chi connectivity index (χ3n) is 3.39. The van der Waals surface area contributed by atoms with Crippen molar-refractivity contribution in [3.8, 4) is 0 Å². The molecule has 8 heteroatoms. The smallest absolute Gasteiger partial charge is 0.339 e. The van der Waals surface area contributed by atoms with Crippen LogP contribution in [0.3, 0.4) is 0 Å². The van der Waals surface area contributed by atoms with E-state index in [1.54, 1.807) is 12.1 Å². The number of fused-ring (bicyclic) bond motifs is 1. The van der Waals surface area contributed by atoms with Crippen LogP contribution in [-0.4, -0.2) is 41.8 Å². The van der Waals surface area contributed by atoms with Gasteiger partial charge in [0, 0.05) is 6.20 Å². The monoisotopic (exact) mass is 295 g/mol. The molecular weight excluding hydrogens is 282 g/mol. The minimum atomic E-state index is -3.15. The van der Waals surface area contributed by atoms with Gasteiger partial charge in [0.2, 0.25) is 0 Å². The van der Waals surface area contributed by atoms with Crippen LogP contribution in [-0.2, 0) is 14.6 Å². The third kappa shape index (κ3) is 2.05. The average Bonchev–Trinajstić information content (AvgIpc) is 2.98. The molecule has 3 rings (SSSR count). The molecule has 0 N–H and O–H groups in total. The first-order chi connectivity index (χ1) is 9.51. The van der Waals surface area contributed by atoms with E-state index in [9.17, 15) is 13.2 Å². The fourth-order valence-electron chi connectivity index (χ4n) is 2.36. The number of hydrogen-bond acceptors (Lipinski definition) is 6. The van der Waals surface area contributed by atoms with Gasteiger partial charge >= 0.3 is 5.97 Å². The summed E-state index contributed by atoms with van der Waals surface area (Å²) in [6.45, 7) is 0. The zero-order valence-electron chi connectivity index (χ0n) is 10.8. The lowest BCUT2D eigenvalue weighted by Gasteiger charge is -2.02. The van der Waals surface area contributed by atoms with Crippen LogP contribution < -0.4 is 0 Å². The molecule has 20 heavy (non-hydrogen) atoms. The molecule has 0 saturated carbocycles. The Morgan fingerprint density at radius 1 is 1.45 bits per heavy atom. The van der Waals surface area contributed by atoms with Crippen LogP contribution in [0, 0.1) is 0 Å². The van der Waals surface area contributed by atoms with Gasteiger partial charge in [-0.3, -0.25) is 0 Å². The zero-order chi connectivity index (χ0) is 14.3. The lowest BCUT2D eigenvalue weighted by atomic mass is 10.2.